The van der Waals surface area contributed by atoms with Gasteiger partial charge in [0, 0.05) is 13.0 Å². The number of hydrogen-bond acceptors (Lipinski definition) is 2. The summed E-state index contributed by atoms with van der Waals surface area (Å²) in [5.41, 5.74) is 4.70. The Kier molecular flexibility index (Phi) is 5.10. The molecule has 1 aromatic carbocycles. The second-order valence-corrected chi connectivity index (χ2v) is 5.01. The first-order chi connectivity index (χ1) is 8.82. The largest absolute Gasteiger partial charge is 0.481 e. The van der Waals surface area contributed by atoms with Crippen LogP contribution >= 0.6 is 0 Å². The lowest BCUT2D eigenvalue weighted by molar-refractivity contribution is -0.143. The minimum absolute atomic E-state index is 0.0131. The number of carbonyl (C=O) groups excluding carboxylic acids is 1. The van der Waals surface area contributed by atoms with Gasteiger partial charge in [-0.2, -0.15) is 0 Å². The van der Waals surface area contributed by atoms with Crippen LogP contribution in [0.5, 0.6) is 0 Å². The number of carboxylic acid groups (broad SMARTS) is 1. The topological polar surface area (TPSA) is 66.4 Å². The maximum absolute atomic E-state index is 11.6. The SMILES string of the molecule is Cc1ccc(CNC(=O)CC(C)C(=O)O)c(C)c1C. The third kappa shape index (κ3) is 4.09. The van der Waals surface area contributed by atoms with Gasteiger partial charge in [-0.3, -0.25) is 9.59 Å². The summed E-state index contributed by atoms with van der Waals surface area (Å²) in [6, 6.07) is 4.03. The van der Waals surface area contributed by atoms with Crippen LogP contribution in [-0.4, -0.2) is 17.0 Å². The maximum atomic E-state index is 11.6. The Morgan fingerprint density at radius 2 is 1.84 bits per heavy atom. The molecular weight excluding hydrogens is 242 g/mol. The number of hydrogen-bond donors (Lipinski definition) is 2. The average Bonchev–Trinajstić information content (AvgIpc) is 2.35. The van der Waals surface area contributed by atoms with Crippen molar-refractivity contribution in [2.75, 3.05) is 0 Å². The molecule has 0 spiro atoms. The zero-order valence-electron chi connectivity index (χ0n) is 11.9. The van der Waals surface area contributed by atoms with Crippen LogP contribution in [0.2, 0.25) is 0 Å². The highest BCUT2D eigenvalue weighted by Gasteiger charge is 2.15. The molecule has 1 rings (SSSR count). The molecular formula is C15H21NO3. The molecule has 2 N–H and O–H groups in total. The Morgan fingerprint density at radius 3 is 2.42 bits per heavy atom. The third-order valence-electron chi connectivity index (χ3n) is 3.56. The first-order valence-electron chi connectivity index (χ1n) is 6.38. The van der Waals surface area contributed by atoms with Crippen LogP contribution in [0.25, 0.3) is 0 Å². The number of aryl methyl sites for hydroxylation is 1. The van der Waals surface area contributed by atoms with Crippen molar-refractivity contribution >= 4 is 11.9 Å². The monoisotopic (exact) mass is 263 g/mol. The lowest BCUT2D eigenvalue weighted by Gasteiger charge is -2.13. The minimum atomic E-state index is -0.947. The van der Waals surface area contributed by atoms with Gasteiger partial charge in [0.15, 0.2) is 0 Å². The smallest absolute Gasteiger partial charge is 0.306 e. The summed E-state index contributed by atoms with van der Waals surface area (Å²) in [6.07, 6.45) is 0.0131. The molecule has 0 saturated carbocycles. The second-order valence-electron chi connectivity index (χ2n) is 5.01. The van der Waals surface area contributed by atoms with Crippen molar-refractivity contribution in [3.8, 4) is 0 Å². The van der Waals surface area contributed by atoms with Gasteiger partial charge >= 0.3 is 5.97 Å². The number of benzene rings is 1. The number of nitrogens with one attached hydrogen (secondary N) is 1. The number of amides is 1. The Labute approximate surface area is 113 Å². The Bertz CT molecular complexity index is 494. The summed E-state index contributed by atoms with van der Waals surface area (Å²) in [7, 11) is 0. The molecule has 0 bridgehead atoms. The van der Waals surface area contributed by atoms with E-state index in [1.54, 1.807) is 0 Å². The first kappa shape index (κ1) is 15.2. The standard InChI is InChI=1S/C15H21NO3/c1-9-5-6-13(12(4)11(9)3)8-16-14(17)7-10(2)15(18)19/h5-6,10H,7-8H2,1-4H3,(H,16,17)(H,18,19). The highest BCUT2D eigenvalue weighted by atomic mass is 16.4. The van der Waals surface area contributed by atoms with Crippen LogP contribution in [0.3, 0.4) is 0 Å². The average molecular weight is 263 g/mol. The lowest BCUT2D eigenvalue weighted by Crippen LogP contribution is -2.27. The number of carbonyl (C=O) groups is 2. The Hall–Kier alpha value is -1.84. The molecule has 0 heterocycles. The molecule has 4 heteroatoms. The van der Waals surface area contributed by atoms with Crippen molar-refractivity contribution in [3.05, 3.63) is 34.4 Å². The predicted molar refractivity (Wildman–Crippen MR) is 73.9 cm³/mol. The molecule has 0 radical (unpaired) electrons. The van der Waals surface area contributed by atoms with Gasteiger partial charge in [-0.05, 0) is 43.0 Å². The molecule has 1 unspecified atom stereocenters. The van der Waals surface area contributed by atoms with Gasteiger partial charge in [-0.25, -0.2) is 0 Å². The lowest BCUT2D eigenvalue weighted by atomic mass is 9.99. The summed E-state index contributed by atoms with van der Waals surface area (Å²) in [6.45, 7) is 8.12. The zero-order chi connectivity index (χ0) is 14.6. The molecule has 1 aromatic rings. The summed E-state index contributed by atoms with van der Waals surface area (Å²) >= 11 is 0. The van der Waals surface area contributed by atoms with Gasteiger partial charge in [-0.1, -0.05) is 19.1 Å². The molecule has 0 saturated heterocycles. The molecule has 19 heavy (non-hydrogen) atoms. The second kappa shape index (κ2) is 6.36. The third-order valence-corrected chi connectivity index (χ3v) is 3.56. The first-order valence-corrected chi connectivity index (χ1v) is 6.38. The molecule has 0 fully saturated rings. The fourth-order valence-corrected chi connectivity index (χ4v) is 1.84. The van der Waals surface area contributed by atoms with E-state index < -0.39 is 11.9 Å². The van der Waals surface area contributed by atoms with E-state index in [4.69, 9.17) is 5.11 Å². The molecule has 0 aromatic heterocycles. The molecule has 1 atom stereocenters. The van der Waals surface area contributed by atoms with Crippen molar-refractivity contribution in [2.24, 2.45) is 5.92 Å². The summed E-state index contributed by atoms with van der Waals surface area (Å²) < 4.78 is 0. The summed E-state index contributed by atoms with van der Waals surface area (Å²) in [5, 5.41) is 11.5. The molecule has 1 amide bonds. The van der Waals surface area contributed by atoms with E-state index in [1.807, 2.05) is 19.1 Å². The van der Waals surface area contributed by atoms with E-state index in [0.717, 1.165) is 5.56 Å². The van der Waals surface area contributed by atoms with E-state index in [-0.39, 0.29) is 12.3 Å². The van der Waals surface area contributed by atoms with Crippen LogP contribution in [0.4, 0.5) is 0 Å². The van der Waals surface area contributed by atoms with Gasteiger partial charge in [-0.15, -0.1) is 0 Å². The van der Waals surface area contributed by atoms with Crippen molar-refractivity contribution < 1.29 is 14.7 Å². The molecule has 104 valence electrons. The van der Waals surface area contributed by atoms with Gasteiger partial charge in [0.2, 0.25) is 5.91 Å². The number of aliphatic carboxylic acids is 1. The predicted octanol–water partition coefficient (Wildman–Crippen LogP) is 2.34. The fourth-order valence-electron chi connectivity index (χ4n) is 1.84. The van der Waals surface area contributed by atoms with E-state index in [1.165, 1.54) is 23.6 Å². The van der Waals surface area contributed by atoms with Crippen LogP contribution in [0, 0.1) is 26.7 Å². The summed E-state index contributed by atoms with van der Waals surface area (Å²) in [4.78, 5) is 22.3. The maximum Gasteiger partial charge on any atom is 0.306 e. The van der Waals surface area contributed by atoms with E-state index in [9.17, 15) is 9.59 Å². The highest BCUT2D eigenvalue weighted by Crippen LogP contribution is 2.17. The Balaban J connectivity index is 2.60. The highest BCUT2D eigenvalue weighted by molar-refractivity contribution is 5.81. The van der Waals surface area contributed by atoms with Crippen molar-refractivity contribution in [1.82, 2.24) is 5.32 Å². The van der Waals surface area contributed by atoms with Crippen molar-refractivity contribution in [1.29, 1.82) is 0 Å². The zero-order valence-corrected chi connectivity index (χ0v) is 11.9. The number of rotatable bonds is 5. The minimum Gasteiger partial charge on any atom is -0.481 e. The fraction of sp³-hybridized carbons (Fsp3) is 0.467. The van der Waals surface area contributed by atoms with Crippen LogP contribution in [0.15, 0.2) is 12.1 Å². The quantitative estimate of drug-likeness (QED) is 0.857. The molecule has 0 aliphatic heterocycles. The van der Waals surface area contributed by atoms with Crippen molar-refractivity contribution in [2.45, 2.75) is 40.7 Å². The Morgan fingerprint density at radius 1 is 1.21 bits per heavy atom. The molecule has 0 aliphatic rings. The van der Waals surface area contributed by atoms with Gasteiger partial charge in [0.1, 0.15) is 0 Å². The van der Waals surface area contributed by atoms with Crippen LogP contribution in [-0.2, 0) is 16.1 Å². The van der Waals surface area contributed by atoms with E-state index in [0.29, 0.717) is 6.54 Å². The van der Waals surface area contributed by atoms with Gasteiger partial charge < -0.3 is 10.4 Å². The van der Waals surface area contributed by atoms with Crippen LogP contribution < -0.4 is 5.32 Å². The van der Waals surface area contributed by atoms with Crippen LogP contribution in [0.1, 0.15) is 35.6 Å². The van der Waals surface area contributed by atoms with E-state index in [2.05, 4.69) is 19.2 Å². The number of carboxylic acids is 1. The van der Waals surface area contributed by atoms with Gasteiger partial charge in [0.25, 0.3) is 0 Å². The molecule has 0 aliphatic carbocycles. The van der Waals surface area contributed by atoms with Crippen molar-refractivity contribution in [3.63, 3.8) is 0 Å². The van der Waals surface area contributed by atoms with E-state index >= 15 is 0 Å². The molecule has 4 nitrogen and oxygen atoms in total. The van der Waals surface area contributed by atoms with Gasteiger partial charge in [0.05, 0.1) is 5.92 Å². The normalized spacial score (nSPS) is 12.0. The summed E-state index contributed by atoms with van der Waals surface area (Å²) in [5.74, 6) is -1.83.